The number of aliphatic carboxylic acids is 2. The molecule has 0 aromatic heterocycles. The number of hydrogen-bond donors (Lipinski definition) is 2. The van der Waals surface area contributed by atoms with Crippen molar-refractivity contribution in [1.82, 2.24) is 0 Å². The van der Waals surface area contributed by atoms with Gasteiger partial charge in [-0.1, -0.05) is 32.6 Å². The van der Waals surface area contributed by atoms with Crippen molar-refractivity contribution in [3.8, 4) is 0 Å². The van der Waals surface area contributed by atoms with Crippen molar-refractivity contribution in [3.05, 3.63) is 0 Å². The molecule has 1 heterocycles. The first-order valence-corrected chi connectivity index (χ1v) is 6.73. The van der Waals surface area contributed by atoms with Gasteiger partial charge in [0.1, 0.15) is 0 Å². The van der Waals surface area contributed by atoms with Crippen LogP contribution in [0, 0.1) is 5.41 Å². The monoisotopic (exact) mass is 274 g/mol. The number of carboxylic acid groups (broad SMARTS) is 2. The molecule has 0 saturated carbocycles. The van der Waals surface area contributed by atoms with Crippen LogP contribution in [0.2, 0.25) is 0 Å². The van der Waals surface area contributed by atoms with Crippen molar-refractivity contribution in [2.24, 2.45) is 5.41 Å². The van der Waals surface area contributed by atoms with Crippen LogP contribution in [0.1, 0.15) is 45.4 Å². The van der Waals surface area contributed by atoms with Crippen molar-refractivity contribution in [3.63, 3.8) is 0 Å². The van der Waals surface area contributed by atoms with Gasteiger partial charge in [-0.2, -0.15) is 0 Å². The fraction of sp³-hybridized carbons (Fsp3) is 0.846. The highest BCUT2D eigenvalue weighted by Gasteiger charge is 2.50. The van der Waals surface area contributed by atoms with Crippen LogP contribution in [0.3, 0.4) is 0 Å². The van der Waals surface area contributed by atoms with Gasteiger partial charge in [-0.05, 0) is 12.8 Å². The fourth-order valence-corrected chi connectivity index (χ4v) is 1.98. The molecule has 1 fully saturated rings. The predicted molar refractivity (Wildman–Crippen MR) is 66.8 cm³/mol. The van der Waals surface area contributed by atoms with Gasteiger partial charge < -0.3 is 19.7 Å². The summed E-state index contributed by atoms with van der Waals surface area (Å²) in [5.41, 5.74) is -1.96. The number of carbonyl (C=O) groups is 2. The standard InChI is InChI=1S/C13H22O6/c1-2-3-4-5-6-7-10-18-8-13(9-19-10,11(14)15)12(16)17/h10H,2-9H2,1H3,(H,14,15)(H,16,17). The van der Waals surface area contributed by atoms with Gasteiger partial charge in [0.05, 0.1) is 13.2 Å². The van der Waals surface area contributed by atoms with Gasteiger partial charge in [0.15, 0.2) is 6.29 Å². The molecule has 1 rings (SSSR count). The lowest BCUT2D eigenvalue weighted by atomic mass is 9.89. The van der Waals surface area contributed by atoms with Gasteiger partial charge in [0, 0.05) is 0 Å². The second-order valence-electron chi connectivity index (χ2n) is 4.95. The summed E-state index contributed by atoms with van der Waals surface area (Å²) in [7, 11) is 0. The van der Waals surface area contributed by atoms with E-state index in [1.165, 1.54) is 12.8 Å². The Balaban J connectivity index is 2.32. The first kappa shape index (κ1) is 15.9. The fourth-order valence-electron chi connectivity index (χ4n) is 1.98. The summed E-state index contributed by atoms with van der Waals surface area (Å²) < 4.78 is 10.5. The third kappa shape index (κ3) is 4.18. The van der Waals surface area contributed by atoms with Crippen molar-refractivity contribution in [1.29, 1.82) is 0 Å². The Morgan fingerprint density at radius 1 is 1.05 bits per heavy atom. The lowest BCUT2D eigenvalue weighted by molar-refractivity contribution is -0.238. The van der Waals surface area contributed by atoms with Gasteiger partial charge in [-0.15, -0.1) is 0 Å². The second kappa shape index (κ2) is 7.45. The van der Waals surface area contributed by atoms with Crippen molar-refractivity contribution in [2.45, 2.75) is 51.7 Å². The largest absolute Gasteiger partial charge is 0.480 e. The van der Waals surface area contributed by atoms with Crippen LogP contribution in [0.15, 0.2) is 0 Å². The average molecular weight is 274 g/mol. The molecule has 110 valence electrons. The number of unbranched alkanes of at least 4 members (excludes halogenated alkanes) is 4. The molecule has 0 amide bonds. The maximum Gasteiger partial charge on any atom is 0.325 e. The van der Waals surface area contributed by atoms with Crippen LogP contribution in [0.4, 0.5) is 0 Å². The summed E-state index contributed by atoms with van der Waals surface area (Å²) in [6.45, 7) is 1.47. The SMILES string of the molecule is CCCCCCCC1OCC(C(=O)O)(C(=O)O)CO1. The highest BCUT2D eigenvalue weighted by Crippen LogP contribution is 2.27. The predicted octanol–water partition coefficient (Wildman–Crippen LogP) is 1.88. The van der Waals surface area contributed by atoms with Crippen LogP contribution in [-0.4, -0.2) is 41.7 Å². The Morgan fingerprint density at radius 2 is 1.58 bits per heavy atom. The summed E-state index contributed by atoms with van der Waals surface area (Å²) >= 11 is 0. The molecule has 1 aliphatic heterocycles. The van der Waals surface area contributed by atoms with E-state index in [9.17, 15) is 9.59 Å². The van der Waals surface area contributed by atoms with E-state index in [1.807, 2.05) is 0 Å². The molecule has 6 heteroatoms. The zero-order chi connectivity index (χ0) is 14.3. The van der Waals surface area contributed by atoms with Gasteiger partial charge in [-0.25, -0.2) is 0 Å². The van der Waals surface area contributed by atoms with Crippen LogP contribution in [-0.2, 0) is 19.1 Å². The molecule has 0 aromatic carbocycles. The Labute approximate surface area is 112 Å². The molecule has 0 spiro atoms. The van der Waals surface area contributed by atoms with Crippen LogP contribution < -0.4 is 0 Å². The van der Waals surface area contributed by atoms with Crippen LogP contribution >= 0.6 is 0 Å². The quantitative estimate of drug-likeness (QED) is 0.518. The number of ether oxygens (including phenoxy) is 2. The van der Waals surface area contributed by atoms with Gasteiger partial charge in [0.2, 0.25) is 5.41 Å². The van der Waals surface area contributed by atoms with E-state index < -0.39 is 23.6 Å². The van der Waals surface area contributed by atoms with E-state index in [0.29, 0.717) is 6.42 Å². The average Bonchev–Trinajstić information content (AvgIpc) is 2.38. The van der Waals surface area contributed by atoms with Gasteiger partial charge in [0.25, 0.3) is 0 Å². The Hall–Kier alpha value is -1.14. The smallest absolute Gasteiger partial charge is 0.325 e. The molecule has 0 bridgehead atoms. The number of hydrogen-bond acceptors (Lipinski definition) is 4. The van der Waals surface area contributed by atoms with Crippen LogP contribution in [0.25, 0.3) is 0 Å². The molecule has 0 atom stereocenters. The van der Waals surface area contributed by atoms with E-state index in [0.717, 1.165) is 19.3 Å². The number of carboxylic acids is 2. The molecule has 6 nitrogen and oxygen atoms in total. The van der Waals surface area contributed by atoms with Gasteiger partial charge >= 0.3 is 11.9 Å². The van der Waals surface area contributed by atoms with Crippen LogP contribution in [0.5, 0.6) is 0 Å². The topological polar surface area (TPSA) is 93.1 Å². The zero-order valence-electron chi connectivity index (χ0n) is 11.3. The first-order chi connectivity index (χ1) is 9.03. The molecular weight excluding hydrogens is 252 g/mol. The Morgan fingerprint density at radius 3 is 2.05 bits per heavy atom. The summed E-state index contributed by atoms with van der Waals surface area (Å²) in [5, 5.41) is 18.0. The van der Waals surface area contributed by atoms with Crippen molar-refractivity contribution < 1.29 is 29.3 Å². The molecule has 1 aliphatic rings. The molecule has 2 N–H and O–H groups in total. The van der Waals surface area contributed by atoms with Crippen molar-refractivity contribution >= 4 is 11.9 Å². The summed E-state index contributed by atoms with van der Waals surface area (Å²) in [6.07, 6.45) is 5.77. The minimum atomic E-state index is -1.96. The molecule has 0 unspecified atom stereocenters. The number of rotatable bonds is 8. The third-order valence-electron chi connectivity index (χ3n) is 3.39. The maximum absolute atomic E-state index is 11.0. The molecule has 1 saturated heterocycles. The Kier molecular flexibility index (Phi) is 6.24. The lowest BCUT2D eigenvalue weighted by Gasteiger charge is -2.33. The van der Waals surface area contributed by atoms with E-state index in [2.05, 4.69) is 6.92 Å². The highest BCUT2D eigenvalue weighted by molar-refractivity contribution is 5.98. The summed E-state index contributed by atoms with van der Waals surface area (Å²) in [5.74, 6) is -2.83. The first-order valence-electron chi connectivity index (χ1n) is 6.73. The lowest BCUT2D eigenvalue weighted by Crippen LogP contribution is -2.52. The molecule has 0 aliphatic carbocycles. The van der Waals surface area contributed by atoms with Gasteiger partial charge in [-0.3, -0.25) is 9.59 Å². The molecule has 0 radical (unpaired) electrons. The minimum Gasteiger partial charge on any atom is -0.480 e. The molecular formula is C13H22O6. The van der Waals surface area contributed by atoms with E-state index in [-0.39, 0.29) is 13.2 Å². The van der Waals surface area contributed by atoms with E-state index in [1.54, 1.807) is 0 Å². The van der Waals surface area contributed by atoms with E-state index in [4.69, 9.17) is 19.7 Å². The summed E-state index contributed by atoms with van der Waals surface area (Å²) in [4.78, 5) is 22.0. The Bertz CT molecular complexity index is 290. The molecule has 0 aromatic rings. The maximum atomic E-state index is 11.0. The van der Waals surface area contributed by atoms with Crippen molar-refractivity contribution in [2.75, 3.05) is 13.2 Å². The highest BCUT2D eigenvalue weighted by atomic mass is 16.7. The third-order valence-corrected chi connectivity index (χ3v) is 3.39. The summed E-state index contributed by atoms with van der Waals surface area (Å²) in [6, 6.07) is 0. The second-order valence-corrected chi connectivity index (χ2v) is 4.95. The zero-order valence-corrected chi connectivity index (χ0v) is 11.3. The molecule has 19 heavy (non-hydrogen) atoms. The van der Waals surface area contributed by atoms with E-state index >= 15 is 0 Å². The normalized spacial score (nSPS) is 19.2. The minimum absolute atomic E-state index is 0.336.